The highest BCUT2D eigenvalue weighted by molar-refractivity contribution is 5.25. The van der Waals surface area contributed by atoms with Crippen LogP contribution in [0, 0.1) is 13.8 Å². The zero-order chi connectivity index (χ0) is 18.2. The largest absolute Gasteiger partial charge is 0.396 e. The molecule has 0 atom stereocenters. The molecule has 0 radical (unpaired) electrons. The lowest BCUT2D eigenvalue weighted by molar-refractivity contribution is 0.288. The monoisotopic (exact) mass is 330 g/mol. The maximum absolute atomic E-state index is 8.62. The van der Waals surface area contributed by atoms with Gasteiger partial charge in [0.25, 0.3) is 0 Å². The molecule has 0 aliphatic heterocycles. The van der Waals surface area contributed by atoms with Gasteiger partial charge in [0.1, 0.15) is 0 Å². The van der Waals surface area contributed by atoms with Gasteiger partial charge >= 0.3 is 0 Å². The van der Waals surface area contributed by atoms with Crippen LogP contribution in [0.15, 0.2) is 48.5 Å². The molecule has 0 saturated heterocycles. The third kappa shape index (κ3) is 10.2. The molecule has 0 spiro atoms. The molecule has 0 bridgehead atoms. The van der Waals surface area contributed by atoms with E-state index >= 15 is 0 Å². The Morgan fingerprint density at radius 2 is 1.25 bits per heavy atom. The van der Waals surface area contributed by atoms with Crippen molar-refractivity contribution in [2.75, 3.05) is 13.2 Å². The van der Waals surface area contributed by atoms with Crippen molar-refractivity contribution in [2.45, 2.75) is 53.4 Å². The van der Waals surface area contributed by atoms with Gasteiger partial charge < -0.3 is 10.2 Å². The van der Waals surface area contributed by atoms with E-state index in [0.717, 1.165) is 25.7 Å². The van der Waals surface area contributed by atoms with Crippen molar-refractivity contribution in [1.29, 1.82) is 0 Å². The van der Waals surface area contributed by atoms with Crippen molar-refractivity contribution in [3.63, 3.8) is 0 Å². The summed E-state index contributed by atoms with van der Waals surface area (Å²) in [5.41, 5.74) is 5.27. The molecule has 2 nitrogen and oxygen atoms in total. The van der Waals surface area contributed by atoms with E-state index in [-0.39, 0.29) is 13.2 Å². The summed E-state index contributed by atoms with van der Waals surface area (Å²) in [5.74, 6) is 0. The van der Waals surface area contributed by atoms with E-state index in [2.05, 4.69) is 50.2 Å². The van der Waals surface area contributed by atoms with Crippen molar-refractivity contribution in [3.05, 3.63) is 70.8 Å². The molecule has 0 aliphatic rings. The topological polar surface area (TPSA) is 40.5 Å². The average molecular weight is 331 g/mol. The number of rotatable bonds is 6. The average Bonchev–Trinajstić information content (AvgIpc) is 2.63. The van der Waals surface area contributed by atoms with E-state index in [1.165, 1.54) is 22.3 Å². The first-order valence-electron chi connectivity index (χ1n) is 8.99. The highest BCUT2D eigenvalue weighted by Crippen LogP contribution is 2.08. The van der Waals surface area contributed by atoms with E-state index in [0.29, 0.717) is 0 Å². The van der Waals surface area contributed by atoms with Crippen LogP contribution in [0.25, 0.3) is 0 Å². The van der Waals surface area contributed by atoms with Gasteiger partial charge in [0.15, 0.2) is 0 Å². The van der Waals surface area contributed by atoms with Crippen LogP contribution < -0.4 is 0 Å². The summed E-state index contributed by atoms with van der Waals surface area (Å²) in [4.78, 5) is 0. The minimum Gasteiger partial charge on any atom is -0.396 e. The molecule has 0 heterocycles. The Morgan fingerprint density at radius 1 is 0.708 bits per heavy atom. The molecular weight excluding hydrogens is 296 g/mol. The van der Waals surface area contributed by atoms with Crippen molar-refractivity contribution in [1.82, 2.24) is 0 Å². The van der Waals surface area contributed by atoms with Crippen LogP contribution in [0.5, 0.6) is 0 Å². The Morgan fingerprint density at radius 3 is 1.79 bits per heavy atom. The molecule has 0 unspecified atom stereocenters. The third-order valence-electron chi connectivity index (χ3n) is 3.61. The smallest absolute Gasteiger partial charge is 0.0434 e. The van der Waals surface area contributed by atoms with Crippen molar-refractivity contribution in [3.8, 4) is 0 Å². The number of aliphatic hydroxyl groups excluding tert-OH is 2. The zero-order valence-electron chi connectivity index (χ0n) is 15.8. The third-order valence-corrected chi connectivity index (χ3v) is 3.61. The highest BCUT2D eigenvalue weighted by atomic mass is 16.3. The Labute approximate surface area is 148 Å². The second-order valence-electron chi connectivity index (χ2n) is 5.57. The minimum atomic E-state index is 0.286. The maximum atomic E-state index is 8.62. The number of aliphatic hydroxyl groups is 2. The molecule has 0 aliphatic carbocycles. The van der Waals surface area contributed by atoms with Crippen LogP contribution >= 0.6 is 0 Å². The number of hydrogen-bond acceptors (Lipinski definition) is 2. The van der Waals surface area contributed by atoms with Gasteiger partial charge in [-0.3, -0.25) is 0 Å². The maximum Gasteiger partial charge on any atom is 0.0434 e. The first-order chi connectivity index (χ1) is 11.7. The first-order valence-corrected chi connectivity index (χ1v) is 8.99. The van der Waals surface area contributed by atoms with Crippen molar-refractivity contribution < 1.29 is 10.2 Å². The molecule has 24 heavy (non-hydrogen) atoms. The zero-order valence-corrected chi connectivity index (χ0v) is 15.8. The summed E-state index contributed by atoms with van der Waals surface area (Å²) in [6.07, 6.45) is 3.70. The fourth-order valence-corrected chi connectivity index (χ4v) is 2.20. The summed E-state index contributed by atoms with van der Waals surface area (Å²) in [7, 11) is 0. The number of hydrogen-bond donors (Lipinski definition) is 2. The van der Waals surface area contributed by atoms with Crippen LogP contribution in [0.3, 0.4) is 0 Å². The fraction of sp³-hybridized carbons (Fsp3) is 0.455. The van der Waals surface area contributed by atoms with E-state index in [9.17, 15) is 0 Å². The Kier molecular flexibility index (Phi) is 13.9. The predicted molar refractivity (Wildman–Crippen MR) is 105 cm³/mol. The SMILES string of the molecule is CC.Cc1ccc(CCCO)cc1.Cc1ccccc1CCCO. The molecule has 0 amide bonds. The van der Waals surface area contributed by atoms with E-state index < -0.39 is 0 Å². The van der Waals surface area contributed by atoms with Gasteiger partial charge in [0, 0.05) is 13.2 Å². The van der Waals surface area contributed by atoms with Gasteiger partial charge in [-0.05, 0) is 56.2 Å². The summed E-state index contributed by atoms with van der Waals surface area (Å²) in [6.45, 7) is 8.75. The Hall–Kier alpha value is -1.64. The lowest BCUT2D eigenvalue weighted by Crippen LogP contribution is -1.91. The standard InChI is InChI=1S/2C10H14O.C2H6/c1-9-4-6-10(7-5-9)3-2-8-11;1-9-5-2-3-6-10(9)7-4-8-11;1-2/h4-7,11H,2-3,8H2,1H3;2-3,5-6,11H,4,7-8H2,1H3;1-2H3. The molecule has 0 saturated carbocycles. The molecule has 2 aromatic rings. The van der Waals surface area contributed by atoms with Crippen LogP contribution in [0.1, 0.15) is 48.9 Å². The highest BCUT2D eigenvalue weighted by Gasteiger charge is 1.94. The molecule has 2 N–H and O–H groups in total. The number of aryl methyl sites for hydroxylation is 4. The molecule has 2 heteroatoms. The summed E-state index contributed by atoms with van der Waals surface area (Å²) in [6, 6.07) is 16.7. The summed E-state index contributed by atoms with van der Waals surface area (Å²) < 4.78 is 0. The Bertz CT molecular complexity index is 518. The quantitative estimate of drug-likeness (QED) is 0.793. The van der Waals surface area contributed by atoms with E-state index in [4.69, 9.17) is 10.2 Å². The normalized spacial score (nSPS) is 9.42. The summed E-state index contributed by atoms with van der Waals surface area (Å²) in [5, 5.41) is 17.2. The summed E-state index contributed by atoms with van der Waals surface area (Å²) >= 11 is 0. The van der Waals surface area contributed by atoms with Crippen molar-refractivity contribution >= 4 is 0 Å². The number of benzene rings is 2. The first kappa shape index (κ1) is 22.4. The molecule has 0 fully saturated rings. The van der Waals surface area contributed by atoms with Crippen LogP contribution in [-0.2, 0) is 12.8 Å². The predicted octanol–water partition coefficient (Wildman–Crippen LogP) is 4.87. The van der Waals surface area contributed by atoms with E-state index in [1.54, 1.807) is 0 Å². The molecule has 2 aromatic carbocycles. The van der Waals surface area contributed by atoms with Crippen LogP contribution in [0.2, 0.25) is 0 Å². The van der Waals surface area contributed by atoms with Gasteiger partial charge in [0.05, 0.1) is 0 Å². The molecule has 0 aromatic heterocycles. The molecular formula is C22H34O2. The lowest BCUT2D eigenvalue weighted by atomic mass is 10.0. The minimum absolute atomic E-state index is 0.286. The van der Waals surface area contributed by atoms with Crippen LogP contribution in [0.4, 0.5) is 0 Å². The van der Waals surface area contributed by atoms with Crippen molar-refractivity contribution in [2.24, 2.45) is 0 Å². The van der Waals surface area contributed by atoms with Gasteiger partial charge in [-0.25, -0.2) is 0 Å². The van der Waals surface area contributed by atoms with E-state index in [1.807, 2.05) is 26.0 Å². The Balaban J connectivity index is 0.000000400. The van der Waals surface area contributed by atoms with Gasteiger partial charge in [0.2, 0.25) is 0 Å². The second kappa shape index (κ2) is 14.9. The lowest BCUT2D eigenvalue weighted by Gasteiger charge is -2.02. The second-order valence-corrected chi connectivity index (χ2v) is 5.57. The van der Waals surface area contributed by atoms with Crippen LogP contribution in [-0.4, -0.2) is 23.4 Å². The molecule has 2 rings (SSSR count). The fourth-order valence-electron chi connectivity index (χ4n) is 2.20. The van der Waals surface area contributed by atoms with Gasteiger partial charge in [-0.1, -0.05) is 67.9 Å². The van der Waals surface area contributed by atoms with Gasteiger partial charge in [-0.2, -0.15) is 0 Å². The van der Waals surface area contributed by atoms with Gasteiger partial charge in [-0.15, -0.1) is 0 Å². The molecule has 134 valence electrons.